The Morgan fingerprint density at radius 2 is 1.90 bits per heavy atom. The van der Waals surface area contributed by atoms with Crippen molar-refractivity contribution in [2.45, 2.75) is 12.8 Å². The van der Waals surface area contributed by atoms with E-state index in [4.69, 9.17) is 27.9 Å². The molecule has 0 fully saturated rings. The van der Waals surface area contributed by atoms with Crippen molar-refractivity contribution in [2.24, 2.45) is 0 Å². The largest absolute Gasteiger partial charge is 0.478 e. The van der Waals surface area contributed by atoms with E-state index in [1.54, 1.807) is 18.2 Å². The van der Waals surface area contributed by atoms with Crippen LogP contribution in [0.5, 0.6) is 0 Å². The normalized spacial score (nSPS) is 14.3. The van der Waals surface area contributed by atoms with Gasteiger partial charge < -0.3 is 15.2 Å². The van der Waals surface area contributed by atoms with Gasteiger partial charge in [-0.05, 0) is 54.8 Å². The first kappa shape index (κ1) is 19.7. The van der Waals surface area contributed by atoms with Gasteiger partial charge in [0.25, 0.3) is 0 Å². The maximum absolute atomic E-state index is 11.8. The number of halogens is 2. The molecule has 2 aromatic carbocycles. The Labute approximate surface area is 177 Å². The number of rotatable bonds is 4. The zero-order valence-corrected chi connectivity index (χ0v) is 16.9. The molecule has 1 aliphatic rings. The molecule has 0 atom stereocenters. The molecule has 7 heteroatoms. The average Bonchev–Trinajstić information content (AvgIpc) is 2.99. The second-order valence-corrected chi connectivity index (χ2v) is 7.58. The molecule has 29 heavy (non-hydrogen) atoms. The van der Waals surface area contributed by atoms with E-state index in [1.165, 1.54) is 6.07 Å². The number of hydrogen-bond donors (Lipinski definition) is 2. The molecule has 1 aromatic heterocycles. The molecule has 5 nitrogen and oxygen atoms in total. The number of carbonyl (C=O) groups is 1. The maximum Gasteiger partial charge on any atom is 0.337 e. The first-order chi connectivity index (χ1) is 14.0. The number of aromatic nitrogens is 1. The van der Waals surface area contributed by atoms with Crippen molar-refractivity contribution in [3.63, 3.8) is 0 Å². The summed E-state index contributed by atoms with van der Waals surface area (Å²) >= 11 is 12.3. The van der Waals surface area contributed by atoms with Crippen LogP contribution >= 0.6 is 23.2 Å². The second kappa shape index (κ2) is 8.41. The molecule has 0 aliphatic carbocycles. The molecule has 0 saturated heterocycles. The Morgan fingerprint density at radius 3 is 2.72 bits per heavy atom. The van der Waals surface area contributed by atoms with Crippen molar-refractivity contribution in [1.82, 2.24) is 4.98 Å². The summed E-state index contributed by atoms with van der Waals surface area (Å²) in [6, 6.07) is 10.2. The van der Waals surface area contributed by atoms with Gasteiger partial charge in [0.1, 0.15) is 0 Å². The minimum absolute atomic E-state index is 0.0913. The number of ether oxygens (including phenoxy) is 1. The average molecular weight is 429 g/mol. The van der Waals surface area contributed by atoms with Gasteiger partial charge in [0, 0.05) is 27.2 Å². The fraction of sp³-hybridized carbons (Fsp3) is 0.182. The fourth-order valence-corrected chi connectivity index (χ4v) is 3.77. The molecular formula is C22H18Cl2N2O3. The SMILES string of the molecule is O=C(O)c1cc(Cl)ccc1Nc1c(C2=CCCOCC2)cnc2ccc(Cl)cc12. The number of hydrogen-bond acceptors (Lipinski definition) is 4. The summed E-state index contributed by atoms with van der Waals surface area (Å²) < 4.78 is 5.57. The second-order valence-electron chi connectivity index (χ2n) is 6.71. The van der Waals surface area contributed by atoms with Crippen molar-refractivity contribution in [3.05, 3.63) is 69.8 Å². The van der Waals surface area contributed by atoms with Gasteiger partial charge in [0.15, 0.2) is 0 Å². The Hall–Kier alpha value is -2.60. The van der Waals surface area contributed by atoms with E-state index in [0.29, 0.717) is 28.9 Å². The van der Waals surface area contributed by atoms with Crippen LogP contribution in [0.25, 0.3) is 16.5 Å². The van der Waals surface area contributed by atoms with Gasteiger partial charge in [-0.15, -0.1) is 0 Å². The van der Waals surface area contributed by atoms with E-state index >= 15 is 0 Å². The summed E-state index contributed by atoms with van der Waals surface area (Å²) in [5, 5.41) is 14.7. The van der Waals surface area contributed by atoms with E-state index in [2.05, 4.69) is 16.4 Å². The third-order valence-electron chi connectivity index (χ3n) is 4.82. The Balaban J connectivity index is 1.91. The predicted octanol–water partition coefficient (Wildman–Crippen LogP) is 6.18. The lowest BCUT2D eigenvalue weighted by atomic mass is 9.99. The van der Waals surface area contributed by atoms with Crippen LogP contribution in [0.2, 0.25) is 10.0 Å². The summed E-state index contributed by atoms with van der Waals surface area (Å²) in [6.45, 7) is 1.31. The molecule has 0 radical (unpaired) electrons. The van der Waals surface area contributed by atoms with Gasteiger partial charge >= 0.3 is 5.97 Å². The monoisotopic (exact) mass is 428 g/mol. The minimum Gasteiger partial charge on any atom is -0.478 e. The highest BCUT2D eigenvalue weighted by molar-refractivity contribution is 6.31. The summed E-state index contributed by atoms with van der Waals surface area (Å²) in [7, 11) is 0. The van der Waals surface area contributed by atoms with Crippen LogP contribution in [0, 0.1) is 0 Å². The Morgan fingerprint density at radius 1 is 1.10 bits per heavy atom. The van der Waals surface area contributed by atoms with Gasteiger partial charge in [-0.3, -0.25) is 4.98 Å². The Kier molecular flexibility index (Phi) is 5.72. The lowest BCUT2D eigenvalue weighted by Crippen LogP contribution is -2.05. The van der Waals surface area contributed by atoms with Crippen LogP contribution in [0.1, 0.15) is 28.8 Å². The molecule has 3 aromatic rings. The lowest BCUT2D eigenvalue weighted by molar-refractivity contribution is 0.0698. The van der Waals surface area contributed by atoms with Crippen LogP contribution < -0.4 is 5.32 Å². The molecule has 0 spiro atoms. The van der Waals surface area contributed by atoms with Crippen molar-refractivity contribution in [3.8, 4) is 0 Å². The molecule has 4 rings (SSSR count). The molecule has 0 bridgehead atoms. The first-order valence-corrected chi connectivity index (χ1v) is 9.94. The highest BCUT2D eigenvalue weighted by Crippen LogP contribution is 2.37. The molecule has 2 N–H and O–H groups in total. The van der Waals surface area contributed by atoms with Gasteiger partial charge in [0.05, 0.1) is 35.7 Å². The summed E-state index contributed by atoms with van der Waals surface area (Å²) in [4.78, 5) is 16.3. The molecule has 1 aliphatic heterocycles. The van der Waals surface area contributed by atoms with E-state index in [9.17, 15) is 9.90 Å². The van der Waals surface area contributed by atoms with E-state index in [-0.39, 0.29) is 5.56 Å². The predicted molar refractivity (Wildman–Crippen MR) is 116 cm³/mol. The molecule has 148 valence electrons. The summed E-state index contributed by atoms with van der Waals surface area (Å²) in [5.74, 6) is -1.06. The van der Waals surface area contributed by atoms with E-state index < -0.39 is 5.97 Å². The number of carboxylic acid groups (broad SMARTS) is 1. The third kappa shape index (κ3) is 4.22. The van der Waals surface area contributed by atoms with Crippen molar-refractivity contribution >= 4 is 57.0 Å². The van der Waals surface area contributed by atoms with E-state index in [1.807, 2.05) is 18.3 Å². The summed E-state index contributed by atoms with van der Waals surface area (Å²) in [5.41, 5.74) is 4.06. The molecule has 2 heterocycles. The smallest absolute Gasteiger partial charge is 0.337 e. The topological polar surface area (TPSA) is 71.5 Å². The number of benzene rings is 2. The van der Waals surface area contributed by atoms with Gasteiger partial charge in [-0.1, -0.05) is 29.3 Å². The number of nitrogens with zero attached hydrogens (tertiary/aromatic N) is 1. The molecule has 0 amide bonds. The van der Waals surface area contributed by atoms with Crippen LogP contribution in [0.4, 0.5) is 11.4 Å². The number of aromatic carboxylic acids is 1. The van der Waals surface area contributed by atoms with Crippen molar-refractivity contribution in [1.29, 1.82) is 0 Å². The van der Waals surface area contributed by atoms with Gasteiger partial charge in [-0.25, -0.2) is 4.79 Å². The zero-order chi connectivity index (χ0) is 20.4. The molecule has 0 unspecified atom stereocenters. The third-order valence-corrected chi connectivity index (χ3v) is 5.29. The van der Waals surface area contributed by atoms with Gasteiger partial charge in [0.2, 0.25) is 0 Å². The molecular weight excluding hydrogens is 411 g/mol. The zero-order valence-electron chi connectivity index (χ0n) is 15.4. The van der Waals surface area contributed by atoms with Gasteiger partial charge in [-0.2, -0.15) is 0 Å². The highest BCUT2D eigenvalue weighted by Gasteiger charge is 2.18. The quantitative estimate of drug-likeness (QED) is 0.519. The minimum atomic E-state index is -1.06. The number of nitrogens with one attached hydrogen (secondary N) is 1. The fourth-order valence-electron chi connectivity index (χ4n) is 3.43. The van der Waals surface area contributed by atoms with Crippen molar-refractivity contribution in [2.75, 3.05) is 18.5 Å². The van der Waals surface area contributed by atoms with Crippen LogP contribution in [-0.4, -0.2) is 29.3 Å². The Bertz CT molecular complexity index is 1130. The lowest BCUT2D eigenvalue weighted by Gasteiger charge is -2.18. The number of fused-ring (bicyclic) bond motifs is 1. The van der Waals surface area contributed by atoms with Crippen LogP contribution in [0.3, 0.4) is 0 Å². The number of pyridine rings is 1. The highest BCUT2D eigenvalue weighted by atomic mass is 35.5. The van der Waals surface area contributed by atoms with Crippen LogP contribution in [0.15, 0.2) is 48.7 Å². The van der Waals surface area contributed by atoms with Crippen LogP contribution in [-0.2, 0) is 4.74 Å². The summed E-state index contributed by atoms with van der Waals surface area (Å²) in [6.07, 6.45) is 5.51. The molecule has 0 saturated carbocycles. The maximum atomic E-state index is 11.8. The number of carboxylic acids is 1. The van der Waals surface area contributed by atoms with Crippen molar-refractivity contribution < 1.29 is 14.6 Å². The number of anilines is 2. The standard InChI is InChI=1S/C22H18Cl2N2O3/c23-14-3-5-19-16(10-14)21(18(12-25-19)13-2-1-8-29-9-7-13)26-20-6-4-15(24)11-17(20)22(27)28/h2-6,10-12H,1,7-9H2,(H,25,26)(H,27,28). The van der Waals surface area contributed by atoms with E-state index in [0.717, 1.165) is 40.6 Å². The first-order valence-electron chi connectivity index (χ1n) is 9.18.